The van der Waals surface area contributed by atoms with Crippen LogP contribution in [0.2, 0.25) is 0 Å². The molecule has 0 saturated carbocycles. The van der Waals surface area contributed by atoms with Crippen molar-refractivity contribution < 1.29 is 4.74 Å². The van der Waals surface area contributed by atoms with Crippen LogP contribution in [0, 0.1) is 11.3 Å². The Balaban J connectivity index is 1.84. The van der Waals surface area contributed by atoms with Gasteiger partial charge in [-0.25, -0.2) is 4.68 Å². The number of nitrogen functional groups attached to an aromatic ring is 1. The van der Waals surface area contributed by atoms with Gasteiger partial charge in [-0.15, -0.1) is 5.10 Å². The number of nitrogens with two attached hydrogens (primary N) is 1. The second-order valence-electron chi connectivity index (χ2n) is 4.27. The predicted octanol–water partition coefficient (Wildman–Crippen LogP) is 2.51. The number of hydrogen-bond acceptors (Lipinski definition) is 5. The van der Waals surface area contributed by atoms with Gasteiger partial charge in [-0.05, 0) is 30.3 Å². The molecule has 0 amide bonds. The molecule has 3 rings (SSSR count). The number of anilines is 1. The SMILES string of the molecule is N#Cc1ccc(Oc2ncn(-c3ccccc3)n2)c(N)c1. The maximum atomic E-state index is 8.80. The third-order valence-electron chi connectivity index (χ3n) is 2.83. The molecule has 0 fully saturated rings. The van der Waals surface area contributed by atoms with Crippen molar-refractivity contribution >= 4 is 5.69 Å². The van der Waals surface area contributed by atoms with Crippen molar-refractivity contribution in [3.8, 4) is 23.5 Å². The molecule has 102 valence electrons. The maximum absolute atomic E-state index is 8.80. The molecule has 3 aromatic rings. The first-order valence-corrected chi connectivity index (χ1v) is 6.21. The minimum absolute atomic E-state index is 0.190. The zero-order valence-electron chi connectivity index (χ0n) is 11.0. The average Bonchev–Trinajstić information content (AvgIpc) is 2.99. The van der Waals surface area contributed by atoms with Crippen LogP contribution in [-0.2, 0) is 0 Å². The fourth-order valence-electron chi connectivity index (χ4n) is 1.81. The summed E-state index contributed by atoms with van der Waals surface area (Å²) in [6, 6.07) is 16.6. The summed E-state index contributed by atoms with van der Waals surface area (Å²) in [5.74, 6) is 0.416. The highest BCUT2D eigenvalue weighted by Crippen LogP contribution is 2.26. The zero-order chi connectivity index (χ0) is 14.7. The molecule has 6 nitrogen and oxygen atoms in total. The van der Waals surface area contributed by atoms with Crippen LogP contribution in [0.5, 0.6) is 11.8 Å². The second-order valence-corrected chi connectivity index (χ2v) is 4.27. The highest BCUT2D eigenvalue weighted by atomic mass is 16.5. The lowest BCUT2D eigenvalue weighted by Crippen LogP contribution is -1.96. The van der Waals surface area contributed by atoms with E-state index in [-0.39, 0.29) is 6.01 Å². The molecule has 2 N–H and O–H groups in total. The first kappa shape index (κ1) is 12.7. The van der Waals surface area contributed by atoms with Gasteiger partial charge in [0, 0.05) is 0 Å². The summed E-state index contributed by atoms with van der Waals surface area (Å²) in [7, 11) is 0. The van der Waals surface area contributed by atoms with Gasteiger partial charge in [-0.1, -0.05) is 18.2 Å². The van der Waals surface area contributed by atoms with Crippen LogP contribution in [-0.4, -0.2) is 14.8 Å². The largest absolute Gasteiger partial charge is 0.421 e. The van der Waals surface area contributed by atoms with E-state index in [4.69, 9.17) is 15.7 Å². The van der Waals surface area contributed by atoms with Crippen molar-refractivity contribution in [3.63, 3.8) is 0 Å². The summed E-state index contributed by atoms with van der Waals surface area (Å²) in [4.78, 5) is 4.08. The summed E-state index contributed by atoms with van der Waals surface area (Å²) < 4.78 is 7.14. The molecule has 0 bridgehead atoms. The summed E-state index contributed by atoms with van der Waals surface area (Å²) >= 11 is 0. The monoisotopic (exact) mass is 277 g/mol. The van der Waals surface area contributed by atoms with E-state index < -0.39 is 0 Å². The van der Waals surface area contributed by atoms with E-state index in [2.05, 4.69) is 10.1 Å². The van der Waals surface area contributed by atoms with Crippen LogP contribution in [0.1, 0.15) is 5.56 Å². The van der Waals surface area contributed by atoms with Crippen molar-refractivity contribution in [2.75, 3.05) is 5.73 Å². The Bertz CT molecular complexity index is 804. The Morgan fingerprint density at radius 2 is 1.95 bits per heavy atom. The summed E-state index contributed by atoms with van der Waals surface area (Å²) in [6.07, 6.45) is 1.56. The van der Waals surface area contributed by atoms with E-state index in [1.165, 1.54) is 0 Å². The number of ether oxygens (including phenoxy) is 1. The number of para-hydroxylation sites is 1. The van der Waals surface area contributed by atoms with Gasteiger partial charge < -0.3 is 10.5 Å². The van der Waals surface area contributed by atoms with Crippen molar-refractivity contribution in [3.05, 3.63) is 60.4 Å². The van der Waals surface area contributed by atoms with Crippen molar-refractivity contribution in [2.24, 2.45) is 0 Å². The Morgan fingerprint density at radius 1 is 1.14 bits per heavy atom. The number of benzene rings is 2. The van der Waals surface area contributed by atoms with Crippen LogP contribution in [0.3, 0.4) is 0 Å². The second kappa shape index (κ2) is 5.35. The fraction of sp³-hybridized carbons (Fsp3) is 0. The fourth-order valence-corrected chi connectivity index (χ4v) is 1.81. The number of nitrogens with zero attached hydrogens (tertiary/aromatic N) is 4. The van der Waals surface area contributed by atoms with Gasteiger partial charge in [0.15, 0.2) is 5.75 Å². The van der Waals surface area contributed by atoms with E-state index in [0.29, 0.717) is 17.0 Å². The van der Waals surface area contributed by atoms with Crippen LogP contribution >= 0.6 is 0 Å². The van der Waals surface area contributed by atoms with E-state index in [0.717, 1.165) is 5.69 Å². The van der Waals surface area contributed by atoms with Gasteiger partial charge in [0.25, 0.3) is 0 Å². The molecule has 1 aromatic heterocycles. The van der Waals surface area contributed by atoms with Gasteiger partial charge in [0.2, 0.25) is 0 Å². The summed E-state index contributed by atoms with van der Waals surface area (Å²) in [5, 5.41) is 13.0. The molecule has 0 atom stereocenters. The highest BCUT2D eigenvalue weighted by Gasteiger charge is 2.08. The molecule has 0 unspecified atom stereocenters. The molecule has 0 aliphatic carbocycles. The highest BCUT2D eigenvalue weighted by molar-refractivity contribution is 5.57. The topological polar surface area (TPSA) is 89.8 Å². The molecule has 0 spiro atoms. The third-order valence-corrected chi connectivity index (χ3v) is 2.83. The molecule has 0 aliphatic heterocycles. The van der Waals surface area contributed by atoms with Crippen molar-refractivity contribution in [2.45, 2.75) is 0 Å². The molecule has 0 saturated heterocycles. The quantitative estimate of drug-likeness (QED) is 0.743. The summed E-state index contributed by atoms with van der Waals surface area (Å²) in [5.41, 5.74) is 7.55. The molecule has 2 aromatic carbocycles. The van der Waals surface area contributed by atoms with E-state index in [9.17, 15) is 0 Å². The Kier molecular flexibility index (Phi) is 3.23. The van der Waals surface area contributed by atoms with Crippen molar-refractivity contribution in [1.82, 2.24) is 14.8 Å². The van der Waals surface area contributed by atoms with Crippen LogP contribution in [0.25, 0.3) is 5.69 Å². The standard InChI is InChI=1S/C15H11N5O/c16-9-11-6-7-14(13(17)8-11)21-15-18-10-20(19-15)12-4-2-1-3-5-12/h1-8,10H,17H2. The first-order valence-electron chi connectivity index (χ1n) is 6.21. The van der Waals surface area contributed by atoms with E-state index in [1.54, 1.807) is 29.2 Å². The Morgan fingerprint density at radius 3 is 2.67 bits per heavy atom. The van der Waals surface area contributed by atoms with Gasteiger partial charge >= 0.3 is 6.01 Å². The van der Waals surface area contributed by atoms with Crippen LogP contribution in [0.4, 0.5) is 5.69 Å². The van der Waals surface area contributed by atoms with E-state index >= 15 is 0 Å². The number of aromatic nitrogens is 3. The van der Waals surface area contributed by atoms with Gasteiger partial charge in [0.1, 0.15) is 6.33 Å². The molecule has 6 heteroatoms. The number of rotatable bonds is 3. The summed E-state index contributed by atoms with van der Waals surface area (Å²) in [6.45, 7) is 0. The lowest BCUT2D eigenvalue weighted by Gasteiger charge is -2.04. The molecule has 0 aliphatic rings. The molecule has 1 heterocycles. The minimum Gasteiger partial charge on any atom is -0.421 e. The molecule has 21 heavy (non-hydrogen) atoms. The van der Waals surface area contributed by atoms with Crippen LogP contribution in [0.15, 0.2) is 54.9 Å². The smallest absolute Gasteiger partial charge is 0.341 e. The van der Waals surface area contributed by atoms with Crippen molar-refractivity contribution in [1.29, 1.82) is 5.26 Å². The van der Waals surface area contributed by atoms with Gasteiger partial charge in [0.05, 0.1) is 23.0 Å². The lowest BCUT2D eigenvalue weighted by atomic mass is 10.2. The van der Waals surface area contributed by atoms with Gasteiger partial charge in [-0.2, -0.15) is 10.2 Å². The lowest BCUT2D eigenvalue weighted by molar-refractivity contribution is 0.443. The normalized spacial score (nSPS) is 10.0. The number of hydrogen-bond donors (Lipinski definition) is 1. The predicted molar refractivity (Wildman–Crippen MR) is 77.0 cm³/mol. The number of nitriles is 1. The molecular weight excluding hydrogens is 266 g/mol. The minimum atomic E-state index is 0.190. The molecular formula is C15H11N5O. The first-order chi connectivity index (χ1) is 10.3. The van der Waals surface area contributed by atoms with Crippen LogP contribution < -0.4 is 10.5 Å². The maximum Gasteiger partial charge on any atom is 0.341 e. The Hall–Kier alpha value is -3.33. The average molecular weight is 277 g/mol. The molecule has 0 radical (unpaired) electrons. The third kappa shape index (κ3) is 2.67. The van der Waals surface area contributed by atoms with Gasteiger partial charge in [-0.3, -0.25) is 0 Å². The Labute approximate surface area is 121 Å². The zero-order valence-corrected chi connectivity index (χ0v) is 11.0. The van der Waals surface area contributed by atoms with E-state index in [1.807, 2.05) is 36.4 Å².